The van der Waals surface area contributed by atoms with Crippen LogP contribution in [0.15, 0.2) is 52.0 Å². The van der Waals surface area contributed by atoms with Crippen molar-refractivity contribution in [2.75, 3.05) is 13.7 Å². The van der Waals surface area contributed by atoms with Gasteiger partial charge >= 0.3 is 0 Å². The molecule has 20 heavy (non-hydrogen) atoms. The smallest absolute Gasteiger partial charge is 0.240 e. The van der Waals surface area contributed by atoms with Gasteiger partial charge in [0.05, 0.1) is 11.2 Å². The van der Waals surface area contributed by atoms with Gasteiger partial charge in [0.15, 0.2) is 0 Å². The summed E-state index contributed by atoms with van der Waals surface area (Å²) in [4.78, 5) is -0.00630. The van der Waals surface area contributed by atoms with Crippen molar-refractivity contribution < 1.29 is 22.0 Å². The molecule has 1 aromatic carbocycles. The predicted molar refractivity (Wildman–Crippen MR) is 70.0 cm³/mol. The molecule has 0 fully saturated rings. The lowest BCUT2D eigenvalue weighted by molar-refractivity contribution is 0.0878. The lowest BCUT2D eigenvalue weighted by Crippen LogP contribution is -2.29. The summed E-state index contributed by atoms with van der Waals surface area (Å²) >= 11 is 0. The van der Waals surface area contributed by atoms with Gasteiger partial charge in [0.2, 0.25) is 10.0 Å². The van der Waals surface area contributed by atoms with Crippen LogP contribution in [0, 0.1) is 5.82 Å². The summed E-state index contributed by atoms with van der Waals surface area (Å²) in [5.74, 6) is 0.0311. The third kappa shape index (κ3) is 3.44. The molecule has 0 bridgehead atoms. The van der Waals surface area contributed by atoms with Gasteiger partial charge in [-0.15, -0.1) is 0 Å². The molecule has 1 heterocycles. The first-order chi connectivity index (χ1) is 9.53. The Hall–Kier alpha value is -1.70. The van der Waals surface area contributed by atoms with E-state index < -0.39 is 21.9 Å². The Bertz CT molecular complexity index is 638. The second-order valence-electron chi connectivity index (χ2n) is 4.05. The Labute approximate surface area is 116 Å². The van der Waals surface area contributed by atoms with Crippen molar-refractivity contribution in [1.29, 1.82) is 0 Å². The van der Waals surface area contributed by atoms with Crippen LogP contribution >= 0.6 is 0 Å². The molecule has 0 aliphatic rings. The number of methoxy groups -OCH3 is 1. The molecule has 0 saturated carbocycles. The SMILES string of the molecule is COC(CNS(=O)(=O)c1ccc(F)cc1)c1ccco1. The maximum Gasteiger partial charge on any atom is 0.240 e. The second kappa shape index (κ2) is 6.17. The van der Waals surface area contributed by atoms with Crippen LogP contribution in [0.5, 0.6) is 0 Å². The fourth-order valence-corrected chi connectivity index (χ4v) is 2.69. The van der Waals surface area contributed by atoms with Crippen LogP contribution in [0.25, 0.3) is 0 Å². The fraction of sp³-hybridized carbons (Fsp3) is 0.231. The highest BCUT2D eigenvalue weighted by Crippen LogP contribution is 2.17. The fourth-order valence-electron chi connectivity index (χ4n) is 1.66. The summed E-state index contributed by atoms with van der Waals surface area (Å²) in [6.07, 6.45) is 0.954. The maximum absolute atomic E-state index is 12.8. The van der Waals surface area contributed by atoms with E-state index in [1.165, 1.54) is 25.5 Å². The summed E-state index contributed by atoms with van der Waals surface area (Å²) in [5, 5.41) is 0. The van der Waals surface area contributed by atoms with Crippen molar-refractivity contribution in [3.05, 3.63) is 54.2 Å². The monoisotopic (exact) mass is 299 g/mol. The van der Waals surface area contributed by atoms with Crippen molar-refractivity contribution in [3.63, 3.8) is 0 Å². The molecule has 0 spiro atoms. The Morgan fingerprint density at radius 2 is 2.00 bits per heavy atom. The summed E-state index contributed by atoms with van der Waals surface area (Å²) in [7, 11) is -2.25. The van der Waals surface area contributed by atoms with Gasteiger partial charge in [0, 0.05) is 13.7 Å². The van der Waals surface area contributed by atoms with E-state index in [4.69, 9.17) is 9.15 Å². The average molecular weight is 299 g/mol. The zero-order valence-electron chi connectivity index (χ0n) is 10.7. The quantitative estimate of drug-likeness (QED) is 0.886. The van der Waals surface area contributed by atoms with Crippen LogP contribution in [-0.4, -0.2) is 22.1 Å². The number of halogens is 1. The first-order valence-corrected chi connectivity index (χ1v) is 7.32. The molecule has 0 saturated heterocycles. The van der Waals surface area contributed by atoms with E-state index in [1.807, 2.05) is 0 Å². The zero-order chi connectivity index (χ0) is 14.6. The molecule has 0 amide bonds. The highest BCUT2D eigenvalue weighted by atomic mass is 32.2. The second-order valence-corrected chi connectivity index (χ2v) is 5.81. The molecule has 0 aliphatic carbocycles. The molecule has 2 aromatic rings. The molecule has 7 heteroatoms. The largest absolute Gasteiger partial charge is 0.467 e. The van der Waals surface area contributed by atoms with Crippen LogP contribution in [-0.2, 0) is 14.8 Å². The molecule has 2 rings (SSSR count). The summed E-state index contributed by atoms with van der Waals surface area (Å²) in [6.45, 7) is 0.0176. The molecule has 1 unspecified atom stereocenters. The Morgan fingerprint density at radius 3 is 2.55 bits per heavy atom. The standard InChI is InChI=1S/C13H14FNO4S/c1-18-13(12-3-2-8-19-12)9-15-20(16,17)11-6-4-10(14)5-7-11/h2-8,13,15H,9H2,1H3. The molecular weight excluding hydrogens is 285 g/mol. The van der Waals surface area contributed by atoms with Crippen molar-refractivity contribution in [2.24, 2.45) is 0 Å². The summed E-state index contributed by atoms with van der Waals surface area (Å²) < 4.78 is 49.5. The first kappa shape index (κ1) is 14.7. The van der Waals surface area contributed by atoms with E-state index in [0.29, 0.717) is 5.76 Å². The van der Waals surface area contributed by atoms with Gasteiger partial charge in [-0.05, 0) is 36.4 Å². The van der Waals surface area contributed by atoms with Crippen LogP contribution in [0.2, 0.25) is 0 Å². The summed E-state index contributed by atoms with van der Waals surface area (Å²) in [6, 6.07) is 7.97. The number of rotatable bonds is 6. The van der Waals surface area contributed by atoms with Crippen molar-refractivity contribution >= 4 is 10.0 Å². The number of benzene rings is 1. The van der Waals surface area contributed by atoms with Gasteiger partial charge in [-0.2, -0.15) is 0 Å². The molecule has 1 atom stereocenters. The van der Waals surface area contributed by atoms with E-state index in [2.05, 4.69) is 4.72 Å². The minimum absolute atomic E-state index is 0.00630. The van der Waals surface area contributed by atoms with E-state index in [9.17, 15) is 12.8 Å². The Balaban J connectivity index is 2.07. The average Bonchev–Trinajstić information content (AvgIpc) is 2.94. The van der Waals surface area contributed by atoms with Gasteiger partial charge in [-0.3, -0.25) is 0 Å². The maximum atomic E-state index is 12.8. The van der Waals surface area contributed by atoms with Gasteiger partial charge in [0.25, 0.3) is 0 Å². The van der Waals surface area contributed by atoms with Gasteiger partial charge in [-0.25, -0.2) is 17.5 Å². The molecule has 108 valence electrons. The zero-order valence-corrected chi connectivity index (χ0v) is 11.6. The van der Waals surface area contributed by atoms with Crippen molar-refractivity contribution in [1.82, 2.24) is 4.72 Å². The highest BCUT2D eigenvalue weighted by Gasteiger charge is 2.19. The Kier molecular flexibility index (Phi) is 4.53. The van der Waals surface area contributed by atoms with Gasteiger partial charge < -0.3 is 9.15 Å². The highest BCUT2D eigenvalue weighted by molar-refractivity contribution is 7.89. The number of nitrogens with one attached hydrogen (secondary N) is 1. The number of hydrogen-bond donors (Lipinski definition) is 1. The normalized spacial score (nSPS) is 13.3. The van der Waals surface area contributed by atoms with Crippen LogP contribution in [0.4, 0.5) is 4.39 Å². The predicted octanol–water partition coefficient (Wildman–Crippen LogP) is 2.08. The van der Waals surface area contributed by atoms with Crippen molar-refractivity contribution in [2.45, 2.75) is 11.0 Å². The van der Waals surface area contributed by atoms with Gasteiger partial charge in [-0.1, -0.05) is 0 Å². The van der Waals surface area contributed by atoms with Crippen LogP contribution in [0.1, 0.15) is 11.9 Å². The lowest BCUT2D eigenvalue weighted by Gasteiger charge is -2.14. The Morgan fingerprint density at radius 1 is 1.30 bits per heavy atom. The molecule has 0 radical (unpaired) electrons. The minimum atomic E-state index is -3.71. The van der Waals surface area contributed by atoms with Crippen LogP contribution < -0.4 is 4.72 Å². The number of sulfonamides is 1. The first-order valence-electron chi connectivity index (χ1n) is 5.84. The van der Waals surface area contributed by atoms with Crippen LogP contribution in [0.3, 0.4) is 0 Å². The molecule has 1 N–H and O–H groups in total. The van der Waals surface area contributed by atoms with E-state index >= 15 is 0 Å². The number of hydrogen-bond acceptors (Lipinski definition) is 4. The third-order valence-corrected chi connectivity index (χ3v) is 4.17. The number of furan rings is 1. The number of ether oxygens (including phenoxy) is 1. The molecule has 1 aromatic heterocycles. The molecule has 5 nitrogen and oxygen atoms in total. The molecular formula is C13H14FNO4S. The minimum Gasteiger partial charge on any atom is -0.467 e. The third-order valence-electron chi connectivity index (χ3n) is 2.73. The topological polar surface area (TPSA) is 68.5 Å². The summed E-state index contributed by atoms with van der Waals surface area (Å²) in [5.41, 5.74) is 0. The lowest BCUT2D eigenvalue weighted by atomic mass is 10.3. The van der Waals surface area contributed by atoms with Crippen molar-refractivity contribution in [3.8, 4) is 0 Å². The van der Waals surface area contributed by atoms with E-state index in [1.54, 1.807) is 12.1 Å². The van der Waals surface area contributed by atoms with E-state index in [0.717, 1.165) is 12.1 Å². The van der Waals surface area contributed by atoms with Gasteiger partial charge in [0.1, 0.15) is 17.7 Å². The molecule has 0 aliphatic heterocycles. The van der Waals surface area contributed by atoms with E-state index in [-0.39, 0.29) is 11.4 Å².